The number of hydrogen-bond donors (Lipinski definition) is 1. The van der Waals surface area contributed by atoms with Crippen LogP contribution in [0.3, 0.4) is 0 Å². The van der Waals surface area contributed by atoms with Crippen LogP contribution in [0.15, 0.2) is 24.3 Å². The second-order valence-corrected chi connectivity index (χ2v) is 6.00. The standard InChI is InChI=1S/C17H22N2O4/c1-2-23-15-11-14(15)17(22)19-9-7-18(8-10-19)16(21)12-3-5-13(20)6-4-12/h3-6,14-15,20H,2,7-11H2,1H3. The number of benzene rings is 1. The van der Waals surface area contributed by atoms with Gasteiger partial charge in [0.1, 0.15) is 5.75 Å². The molecule has 1 aliphatic heterocycles. The number of phenolic OH excluding ortho intramolecular Hbond substituents is 1. The molecule has 0 spiro atoms. The van der Waals surface area contributed by atoms with Crippen LogP contribution in [0.5, 0.6) is 5.75 Å². The van der Waals surface area contributed by atoms with Gasteiger partial charge in [-0.05, 0) is 37.6 Å². The average Bonchev–Trinajstić information content (AvgIpc) is 3.34. The number of piperazine rings is 1. The zero-order chi connectivity index (χ0) is 16.4. The van der Waals surface area contributed by atoms with Crippen LogP contribution in [0.4, 0.5) is 0 Å². The lowest BCUT2D eigenvalue weighted by Gasteiger charge is -2.35. The first kappa shape index (κ1) is 15.8. The fourth-order valence-electron chi connectivity index (χ4n) is 2.98. The Balaban J connectivity index is 1.51. The number of nitrogens with zero attached hydrogens (tertiary/aromatic N) is 2. The van der Waals surface area contributed by atoms with Gasteiger partial charge in [-0.25, -0.2) is 0 Å². The molecule has 2 atom stereocenters. The van der Waals surface area contributed by atoms with Crippen molar-refractivity contribution in [2.45, 2.75) is 19.4 Å². The first-order chi connectivity index (χ1) is 11.1. The van der Waals surface area contributed by atoms with E-state index in [9.17, 15) is 14.7 Å². The number of hydrogen-bond acceptors (Lipinski definition) is 4. The molecule has 6 nitrogen and oxygen atoms in total. The third-order valence-corrected chi connectivity index (χ3v) is 4.42. The van der Waals surface area contributed by atoms with Crippen molar-refractivity contribution in [3.05, 3.63) is 29.8 Å². The lowest BCUT2D eigenvalue weighted by molar-refractivity contribution is -0.135. The predicted molar refractivity (Wildman–Crippen MR) is 84.1 cm³/mol. The molecule has 2 amide bonds. The van der Waals surface area contributed by atoms with Crippen molar-refractivity contribution in [1.82, 2.24) is 9.80 Å². The Morgan fingerprint density at radius 3 is 2.35 bits per heavy atom. The van der Waals surface area contributed by atoms with Crippen LogP contribution in [0, 0.1) is 5.92 Å². The molecule has 1 aromatic rings. The highest BCUT2D eigenvalue weighted by Crippen LogP contribution is 2.35. The van der Waals surface area contributed by atoms with Crippen molar-refractivity contribution < 1.29 is 19.4 Å². The molecule has 124 valence electrons. The van der Waals surface area contributed by atoms with Crippen molar-refractivity contribution >= 4 is 11.8 Å². The number of aromatic hydroxyl groups is 1. The number of carbonyl (C=O) groups excluding carboxylic acids is 2. The van der Waals surface area contributed by atoms with Crippen LogP contribution >= 0.6 is 0 Å². The molecule has 3 rings (SSSR count). The van der Waals surface area contributed by atoms with Gasteiger partial charge in [0.25, 0.3) is 5.91 Å². The maximum atomic E-state index is 12.4. The van der Waals surface area contributed by atoms with Crippen LogP contribution in [0.25, 0.3) is 0 Å². The highest BCUT2D eigenvalue weighted by atomic mass is 16.5. The van der Waals surface area contributed by atoms with Gasteiger partial charge in [-0.3, -0.25) is 9.59 Å². The van der Waals surface area contributed by atoms with Gasteiger partial charge in [-0.15, -0.1) is 0 Å². The van der Waals surface area contributed by atoms with Gasteiger partial charge in [0.2, 0.25) is 5.91 Å². The molecule has 0 radical (unpaired) electrons. The topological polar surface area (TPSA) is 70.1 Å². The molecular formula is C17H22N2O4. The maximum Gasteiger partial charge on any atom is 0.253 e. The smallest absolute Gasteiger partial charge is 0.253 e. The largest absolute Gasteiger partial charge is 0.508 e. The zero-order valence-electron chi connectivity index (χ0n) is 13.3. The van der Waals surface area contributed by atoms with Crippen molar-refractivity contribution in [2.24, 2.45) is 5.92 Å². The SMILES string of the molecule is CCOC1CC1C(=O)N1CCN(C(=O)c2ccc(O)cc2)CC1. The molecule has 1 aromatic carbocycles. The minimum atomic E-state index is -0.0595. The summed E-state index contributed by atoms with van der Waals surface area (Å²) in [6, 6.07) is 6.25. The molecule has 0 aromatic heterocycles. The molecule has 2 aliphatic rings. The minimum Gasteiger partial charge on any atom is -0.508 e. The Morgan fingerprint density at radius 2 is 1.74 bits per heavy atom. The zero-order valence-corrected chi connectivity index (χ0v) is 13.3. The molecule has 23 heavy (non-hydrogen) atoms. The molecule has 1 aliphatic carbocycles. The summed E-state index contributed by atoms with van der Waals surface area (Å²) in [6.07, 6.45) is 0.906. The van der Waals surface area contributed by atoms with Crippen LogP contribution in [-0.2, 0) is 9.53 Å². The van der Waals surface area contributed by atoms with E-state index in [2.05, 4.69) is 0 Å². The third-order valence-electron chi connectivity index (χ3n) is 4.42. The molecule has 2 fully saturated rings. The molecule has 1 saturated carbocycles. The summed E-state index contributed by atoms with van der Waals surface area (Å²) in [4.78, 5) is 28.3. The van der Waals surface area contributed by atoms with Gasteiger partial charge >= 0.3 is 0 Å². The molecule has 1 N–H and O–H groups in total. The number of ether oxygens (including phenoxy) is 1. The van der Waals surface area contributed by atoms with E-state index in [0.29, 0.717) is 38.3 Å². The van der Waals surface area contributed by atoms with Crippen LogP contribution in [0.1, 0.15) is 23.7 Å². The monoisotopic (exact) mass is 318 g/mol. The molecule has 1 heterocycles. The summed E-state index contributed by atoms with van der Waals surface area (Å²) >= 11 is 0. The van der Waals surface area contributed by atoms with Gasteiger partial charge < -0.3 is 19.6 Å². The Bertz CT molecular complexity index is 579. The van der Waals surface area contributed by atoms with E-state index in [1.807, 2.05) is 11.8 Å². The molecule has 1 saturated heterocycles. The van der Waals surface area contributed by atoms with E-state index in [1.165, 1.54) is 12.1 Å². The lowest BCUT2D eigenvalue weighted by atomic mass is 10.1. The van der Waals surface area contributed by atoms with E-state index in [-0.39, 0.29) is 29.6 Å². The van der Waals surface area contributed by atoms with E-state index in [0.717, 1.165) is 6.42 Å². The second-order valence-electron chi connectivity index (χ2n) is 6.00. The highest BCUT2D eigenvalue weighted by Gasteiger charge is 2.46. The summed E-state index contributed by atoms with van der Waals surface area (Å²) in [5, 5.41) is 9.28. The van der Waals surface area contributed by atoms with Crippen molar-refractivity contribution in [3.8, 4) is 5.75 Å². The first-order valence-electron chi connectivity index (χ1n) is 8.09. The average molecular weight is 318 g/mol. The molecule has 6 heteroatoms. The fourth-order valence-corrected chi connectivity index (χ4v) is 2.98. The third kappa shape index (κ3) is 3.47. The summed E-state index contributed by atoms with van der Waals surface area (Å²) in [6.45, 7) is 4.79. The van der Waals surface area contributed by atoms with E-state index >= 15 is 0 Å². The summed E-state index contributed by atoms with van der Waals surface area (Å²) in [5.41, 5.74) is 0.557. The number of rotatable bonds is 4. The van der Waals surface area contributed by atoms with Gasteiger partial charge in [-0.2, -0.15) is 0 Å². The minimum absolute atomic E-state index is 0.00861. The highest BCUT2D eigenvalue weighted by molar-refractivity contribution is 5.94. The van der Waals surface area contributed by atoms with Crippen LogP contribution in [0.2, 0.25) is 0 Å². The molecule has 0 bridgehead atoms. The fraction of sp³-hybridized carbons (Fsp3) is 0.529. The van der Waals surface area contributed by atoms with E-state index < -0.39 is 0 Å². The Morgan fingerprint density at radius 1 is 1.13 bits per heavy atom. The summed E-state index contributed by atoms with van der Waals surface area (Å²) < 4.78 is 5.47. The predicted octanol–water partition coefficient (Wildman–Crippen LogP) is 1.10. The van der Waals surface area contributed by atoms with Crippen LogP contribution in [-0.4, -0.2) is 65.6 Å². The number of carbonyl (C=O) groups is 2. The Kier molecular flexibility index (Phi) is 4.52. The van der Waals surface area contributed by atoms with Crippen LogP contribution < -0.4 is 0 Å². The summed E-state index contributed by atoms with van der Waals surface area (Å²) in [7, 11) is 0. The van der Waals surface area contributed by atoms with Crippen molar-refractivity contribution in [1.29, 1.82) is 0 Å². The first-order valence-corrected chi connectivity index (χ1v) is 8.09. The van der Waals surface area contributed by atoms with E-state index in [4.69, 9.17) is 4.74 Å². The normalized spacial score (nSPS) is 23.7. The number of phenols is 1. The Hall–Kier alpha value is -2.08. The van der Waals surface area contributed by atoms with Gasteiger partial charge in [0, 0.05) is 38.3 Å². The Labute approximate surface area is 135 Å². The van der Waals surface area contributed by atoms with Gasteiger partial charge in [0.05, 0.1) is 12.0 Å². The van der Waals surface area contributed by atoms with Crippen molar-refractivity contribution in [3.63, 3.8) is 0 Å². The van der Waals surface area contributed by atoms with Crippen molar-refractivity contribution in [2.75, 3.05) is 32.8 Å². The van der Waals surface area contributed by atoms with Gasteiger partial charge in [0.15, 0.2) is 0 Å². The van der Waals surface area contributed by atoms with Gasteiger partial charge in [-0.1, -0.05) is 0 Å². The summed E-state index contributed by atoms with van der Waals surface area (Å²) in [5.74, 6) is 0.246. The number of amides is 2. The quantitative estimate of drug-likeness (QED) is 0.902. The lowest BCUT2D eigenvalue weighted by Crippen LogP contribution is -2.51. The molecule has 2 unspecified atom stereocenters. The maximum absolute atomic E-state index is 12.4. The van der Waals surface area contributed by atoms with E-state index in [1.54, 1.807) is 17.0 Å². The molecular weight excluding hydrogens is 296 g/mol. The second kappa shape index (κ2) is 6.58.